The van der Waals surface area contributed by atoms with Crippen LogP contribution in [0, 0.1) is 6.92 Å². The zero-order chi connectivity index (χ0) is 10.7. The van der Waals surface area contributed by atoms with Crippen LogP contribution < -0.4 is 5.32 Å². The number of aryl methyl sites for hydroxylation is 1. The quantitative estimate of drug-likeness (QED) is 0.866. The molecule has 1 N–H and O–H groups in total. The summed E-state index contributed by atoms with van der Waals surface area (Å²) >= 11 is 3.37. The van der Waals surface area contributed by atoms with Crippen LogP contribution in [-0.2, 0) is 6.54 Å². The van der Waals surface area contributed by atoms with E-state index in [9.17, 15) is 0 Å². The Morgan fingerprint density at radius 1 is 1.53 bits per heavy atom. The second-order valence-corrected chi connectivity index (χ2v) is 4.07. The number of nitrogens with zero attached hydrogens (tertiary/aromatic N) is 1. The monoisotopic (exact) mass is 266 g/mol. The van der Waals surface area contributed by atoms with Gasteiger partial charge in [-0.2, -0.15) is 0 Å². The van der Waals surface area contributed by atoms with Gasteiger partial charge in [0.15, 0.2) is 0 Å². The van der Waals surface area contributed by atoms with Crippen molar-refractivity contribution in [3.63, 3.8) is 0 Å². The van der Waals surface area contributed by atoms with E-state index in [-0.39, 0.29) is 0 Å². The fraction of sp³-hybridized carbons (Fsp3) is 0.182. The molecule has 0 aliphatic rings. The van der Waals surface area contributed by atoms with Gasteiger partial charge in [0, 0.05) is 12.1 Å². The number of pyridine rings is 1. The first-order valence-electron chi connectivity index (χ1n) is 4.63. The van der Waals surface area contributed by atoms with E-state index < -0.39 is 0 Å². The number of halogens is 1. The number of hydrogen-bond donors (Lipinski definition) is 1. The third-order valence-corrected chi connectivity index (χ3v) is 2.92. The fourth-order valence-electron chi connectivity index (χ4n) is 1.25. The second-order valence-electron chi connectivity index (χ2n) is 3.32. The van der Waals surface area contributed by atoms with Crippen LogP contribution in [0.5, 0.6) is 0 Å². The Hall–Kier alpha value is -1.29. The summed E-state index contributed by atoms with van der Waals surface area (Å²) < 4.78 is 5.87. The van der Waals surface area contributed by atoms with Crippen LogP contribution >= 0.6 is 15.9 Å². The Bertz CT molecular complexity index is 440. The van der Waals surface area contributed by atoms with Gasteiger partial charge in [-0.1, -0.05) is 0 Å². The van der Waals surface area contributed by atoms with Crippen molar-refractivity contribution in [2.45, 2.75) is 13.5 Å². The van der Waals surface area contributed by atoms with Crippen LogP contribution in [0.4, 0.5) is 5.69 Å². The SMILES string of the molecule is Cc1cc(NCc2ccoc2)cnc1Br. The van der Waals surface area contributed by atoms with Crippen LogP contribution in [0.1, 0.15) is 11.1 Å². The lowest BCUT2D eigenvalue weighted by atomic mass is 10.3. The predicted molar refractivity (Wildman–Crippen MR) is 62.7 cm³/mol. The van der Waals surface area contributed by atoms with Gasteiger partial charge in [0.05, 0.1) is 24.4 Å². The Kier molecular flexibility index (Phi) is 3.06. The van der Waals surface area contributed by atoms with Gasteiger partial charge in [-0.15, -0.1) is 0 Å². The van der Waals surface area contributed by atoms with Crippen molar-refractivity contribution < 1.29 is 4.42 Å². The van der Waals surface area contributed by atoms with Gasteiger partial charge in [0.1, 0.15) is 4.60 Å². The largest absolute Gasteiger partial charge is 0.472 e. The van der Waals surface area contributed by atoms with E-state index in [1.54, 1.807) is 18.7 Å². The highest BCUT2D eigenvalue weighted by Gasteiger charge is 1.99. The number of nitrogens with one attached hydrogen (secondary N) is 1. The first-order chi connectivity index (χ1) is 7.25. The number of hydrogen-bond acceptors (Lipinski definition) is 3. The molecular weight excluding hydrogens is 256 g/mol. The lowest BCUT2D eigenvalue weighted by Crippen LogP contribution is -1.99. The summed E-state index contributed by atoms with van der Waals surface area (Å²) in [4.78, 5) is 4.21. The van der Waals surface area contributed by atoms with Gasteiger partial charge in [-0.25, -0.2) is 4.98 Å². The summed E-state index contributed by atoms with van der Waals surface area (Å²) in [5, 5.41) is 3.27. The third kappa shape index (κ3) is 2.59. The van der Waals surface area contributed by atoms with E-state index >= 15 is 0 Å². The van der Waals surface area contributed by atoms with Gasteiger partial charge in [0.2, 0.25) is 0 Å². The molecule has 0 bridgehead atoms. The number of aromatic nitrogens is 1. The summed E-state index contributed by atoms with van der Waals surface area (Å²) in [5.41, 5.74) is 3.25. The fourth-order valence-corrected chi connectivity index (χ4v) is 1.47. The summed E-state index contributed by atoms with van der Waals surface area (Å²) in [6, 6.07) is 3.99. The van der Waals surface area contributed by atoms with Crippen molar-refractivity contribution in [1.29, 1.82) is 0 Å². The van der Waals surface area contributed by atoms with Gasteiger partial charge < -0.3 is 9.73 Å². The van der Waals surface area contributed by atoms with Crippen LogP contribution in [0.25, 0.3) is 0 Å². The van der Waals surface area contributed by atoms with E-state index in [1.807, 2.05) is 13.0 Å². The highest BCUT2D eigenvalue weighted by atomic mass is 79.9. The van der Waals surface area contributed by atoms with Crippen molar-refractivity contribution >= 4 is 21.6 Å². The summed E-state index contributed by atoms with van der Waals surface area (Å²) in [7, 11) is 0. The molecule has 15 heavy (non-hydrogen) atoms. The van der Waals surface area contributed by atoms with Crippen molar-refractivity contribution in [2.24, 2.45) is 0 Å². The van der Waals surface area contributed by atoms with E-state index in [0.717, 1.165) is 28.0 Å². The molecule has 3 nitrogen and oxygen atoms in total. The zero-order valence-electron chi connectivity index (χ0n) is 8.33. The molecule has 0 amide bonds. The number of furan rings is 1. The molecule has 2 rings (SSSR count). The molecule has 0 radical (unpaired) electrons. The minimum absolute atomic E-state index is 0.749. The Morgan fingerprint density at radius 2 is 2.40 bits per heavy atom. The van der Waals surface area contributed by atoms with E-state index in [1.165, 1.54) is 0 Å². The molecule has 78 valence electrons. The Morgan fingerprint density at radius 3 is 3.07 bits per heavy atom. The van der Waals surface area contributed by atoms with Gasteiger partial charge in [-0.3, -0.25) is 0 Å². The average Bonchev–Trinajstić information content (AvgIpc) is 2.73. The van der Waals surface area contributed by atoms with Crippen molar-refractivity contribution in [1.82, 2.24) is 4.98 Å². The first-order valence-corrected chi connectivity index (χ1v) is 5.42. The maximum Gasteiger partial charge on any atom is 0.109 e. The Balaban J connectivity index is 2.02. The van der Waals surface area contributed by atoms with Gasteiger partial charge in [-0.05, 0) is 40.5 Å². The molecule has 0 unspecified atom stereocenters. The van der Waals surface area contributed by atoms with Crippen LogP contribution in [0.15, 0.2) is 39.9 Å². The highest BCUT2D eigenvalue weighted by Crippen LogP contribution is 2.17. The minimum atomic E-state index is 0.749. The molecule has 2 aromatic rings. The van der Waals surface area contributed by atoms with E-state index in [4.69, 9.17) is 4.42 Å². The predicted octanol–water partition coefficient (Wildman–Crippen LogP) is 3.36. The van der Waals surface area contributed by atoms with Crippen molar-refractivity contribution in [3.05, 3.63) is 46.6 Å². The number of anilines is 1. The maximum atomic E-state index is 4.98. The van der Waals surface area contributed by atoms with Crippen molar-refractivity contribution in [2.75, 3.05) is 5.32 Å². The van der Waals surface area contributed by atoms with Crippen LogP contribution in [0.3, 0.4) is 0 Å². The normalized spacial score (nSPS) is 10.3. The molecule has 4 heteroatoms. The minimum Gasteiger partial charge on any atom is -0.472 e. The molecule has 2 aromatic heterocycles. The molecule has 0 saturated carbocycles. The van der Waals surface area contributed by atoms with Crippen LogP contribution in [-0.4, -0.2) is 4.98 Å². The summed E-state index contributed by atoms with van der Waals surface area (Å²) in [5.74, 6) is 0. The lowest BCUT2D eigenvalue weighted by Gasteiger charge is -2.05. The molecule has 0 saturated heterocycles. The molecule has 0 aliphatic heterocycles. The van der Waals surface area contributed by atoms with E-state index in [0.29, 0.717) is 0 Å². The average molecular weight is 267 g/mol. The molecular formula is C11H11BrN2O. The van der Waals surface area contributed by atoms with E-state index in [2.05, 4.69) is 32.3 Å². The standard InChI is InChI=1S/C11H11BrN2O/c1-8-4-10(6-14-11(8)12)13-5-9-2-3-15-7-9/h2-4,6-7,13H,5H2,1H3. The van der Waals surface area contributed by atoms with Gasteiger partial charge in [0.25, 0.3) is 0 Å². The Labute approximate surface area is 96.6 Å². The third-order valence-electron chi connectivity index (χ3n) is 2.09. The smallest absolute Gasteiger partial charge is 0.109 e. The molecule has 0 aliphatic carbocycles. The van der Waals surface area contributed by atoms with Crippen LogP contribution in [0.2, 0.25) is 0 Å². The summed E-state index contributed by atoms with van der Waals surface area (Å²) in [6.07, 6.45) is 5.20. The molecule has 0 fully saturated rings. The molecule has 0 atom stereocenters. The van der Waals surface area contributed by atoms with Crippen molar-refractivity contribution in [3.8, 4) is 0 Å². The molecule has 2 heterocycles. The molecule has 0 spiro atoms. The molecule has 0 aromatic carbocycles. The topological polar surface area (TPSA) is 38.1 Å². The zero-order valence-corrected chi connectivity index (χ0v) is 9.91. The highest BCUT2D eigenvalue weighted by molar-refractivity contribution is 9.10. The van der Waals surface area contributed by atoms with Gasteiger partial charge >= 0.3 is 0 Å². The maximum absolute atomic E-state index is 4.98. The second kappa shape index (κ2) is 4.49. The first kappa shape index (κ1) is 10.2. The number of rotatable bonds is 3. The lowest BCUT2D eigenvalue weighted by molar-refractivity contribution is 0.564. The summed E-state index contributed by atoms with van der Waals surface area (Å²) in [6.45, 7) is 2.76.